The first-order chi connectivity index (χ1) is 12.9. The summed E-state index contributed by atoms with van der Waals surface area (Å²) in [6.07, 6.45) is 6.08. The minimum atomic E-state index is -0.204. The average Bonchev–Trinajstić information content (AvgIpc) is 2.58. The van der Waals surface area contributed by atoms with Crippen molar-refractivity contribution in [3.63, 3.8) is 0 Å². The van der Waals surface area contributed by atoms with Crippen molar-refractivity contribution in [1.29, 1.82) is 0 Å². The molecule has 1 saturated carbocycles. The number of carbonyl (C=O) groups is 1. The third-order valence-electron chi connectivity index (χ3n) is 7.31. The molecule has 2 amide bonds. The van der Waals surface area contributed by atoms with Crippen molar-refractivity contribution in [3.05, 3.63) is 34.9 Å². The van der Waals surface area contributed by atoms with E-state index in [1.807, 2.05) is 20.8 Å². The molecule has 0 unspecified atom stereocenters. The highest BCUT2D eigenvalue weighted by molar-refractivity contribution is 5.74. The van der Waals surface area contributed by atoms with E-state index in [0.717, 1.165) is 6.54 Å². The Labute approximate surface area is 172 Å². The first-order valence-corrected chi connectivity index (χ1v) is 11.1. The van der Waals surface area contributed by atoms with Crippen LogP contribution in [0.15, 0.2) is 18.2 Å². The predicted molar refractivity (Wildman–Crippen MR) is 118 cm³/mol. The maximum atomic E-state index is 12.4. The number of hydrogen-bond acceptors (Lipinski definition) is 1. The fourth-order valence-corrected chi connectivity index (χ4v) is 5.88. The summed E-state index contributed by atoms with van der Waals surface area (Å²) in [7, 11) is 0. The van der Waals surface area contributed by atoms with Gasteiger partial charge in [-0.25, -0.2) is 4.79 Å². The van der Waals surface area contributed by atoms with Gasteiger partial charge in [0.15, 0.2) is 0 Å². The molecule has 0 bridgehead atoms. The number of hydrogen-bond donors (Lipinski definition) is 2. The first-order valence-electron chi connectivity index (χ1n) is 11.1. The molecule has 3 atom stereocenters. The van der Waals surface area contributed by atoms with Crippen molar-refractivity contribution >= 4 is 6.03 Å². The van der Waals surface area contributed by atoms with Gasteiger partial charge in [-0.2, -0.15) is 0 Å². The Morgan fingerprint density at radius 3 is 2.57 bits per heavy atom. The third kappa shape index (κ3) is 4.09. The smallest absolute Gasteiger partial charge is 0.315 e. The lowest BCUT2D eigenvalue weighted by atomic mass is 9.49. The van der Waals surface area contributed by atoms with Crippen molar-refractivity contribution in [3.8, 4) is 0 Å². The lowest BCUT2D eigenvalue weighted by Gasteiger charge is -2.55. The number of benzene rings is 1. The van der Waals surface area contributed by atoms with Crippen molar-refractivity contribution in [2.45, 2.75) is 97.4 Å². The van der Waals surface area contributed by atoms with E-state index in [4.69, 9.17) is 0 Å². The topological polar surface area (TPSA) is 41.1 Å². The molecular formula is C25H40N2O. The monoisotopic (exact) mass is 384 g/mol. The summed E-state index contributed by atoms with van der Waals surface area (Å²) in [5, 5.41) is 6.24. The van der Waals surface area contributed by atoms with E-state index in [1.165, 1.54) is 37.7 Å². The van der Waals surface area contributed by atoms with Gasteiger partial charge in [0.2, 0.25) is 0 Å². The van der Waals surface area contributed by atoms with Crippen molar-refractivity contribution in [2.75, 3.05) is 6.54 Å². The number of carbonyl (C=O) groups excluding carboxylic acids is 1. The minimum Gasteiger partial charge on any atom is -0.338 e. The lowest BCUT2D eigenvalue weighted by Crippen LogP contribution is -2.55. The van der Waals surface area contributed by atoms with Crippen LogP contribution in [0.2, 0.25) is 0 Å². The standard InChI is InChI=1S/C25H40N2O/c1-17(2)18-9-11-20-19(15-18)10-12-21-24(6,13-8-14-25(20,21)7)16-26-22(28)27-23(3,4)5/h9,11,15,17,21H,8,10,12-14,16H2,1-7H3,(H2,26,27,28)/t21-,24-,25+/m1/s1. The van der Waals surface area contributed by atoms with Crippen LogP contribution in [0.25, 0.3) is 0 Å². The Hall–Kier alpha value is -1.51. The van der Waals surface area contributed by atoms with Gasteiger partial charge in [-0.3, -0.25) is 0 Å². The average molecular weight is 385 g/mol. The van der Waals surface area contributed by atoms with Crippen LogP contribution in [-0.2, 0) is 11.8 Å². The summed E-state index contributed by atoms with van der Waals surface area (Å²) in [5.74, 6) is 1.19. The van der Waals surface area contributed by atoms with Gasteiger partial charge in [0.1, 0.15) is 0 Å². The molecule has 2 aliphatic rings. The Balaban J connectivity index is 1.82. The van der Waals surface area contributed by atoms with Crippen molar-refractivity contribution in [1.82, 2.24) is 10.6 Å². The normalized spacial score (nSPS) is 29.8. The summed E-state index contributed by atoms with van der Waals surface area (Å²) in [5.41, 5.74) is 4.75. The SMILES string of the molecule is CC(C)c1ccc2c(c1)CC[C@@H]1[C@@](C)(CNC(=O)NC(C)(C)C)CCC[C@@]21C. The van der Waals surface area contributed by atoms with Crippen LogP contribution in [-0.4, -0.2) is 18.1 Å². The number of aryl methyl sites for hydroxylation is 1. The molecule has 3 heteroatoms. The first kappa shape index (κ1) is 21.2. The largest absolute Gasteiger partial charge is 0.338 e. The maximum absolute atomic E-state index is 12.4. The Morgan fingerprint density at radius 1 is 1.21 bits per heavy atom. The Morgan fingerprint density at radius 2 is 1.93 bits per heavy atom. The fraction of sp³-hybridized carbons (Fsp3) is 0.720. The molecule has 3 nitrogen and oxygen atoms in total. The van der Waals surface area contributed by atoms with Crippen molar-refractivity contribution in [2.24, 2.45) is 11.3 Å². The van der Waals surface area contributed by atoms with Crippen LogP contribution in [0.4, 0.5) is 4.79 Å². The second kappa shape index (κ2) is 7.39. The highest BCUT2D eigenvalue weighted by Crippen LogP contribution is 2.57. The quantitative estimate of drug-likeness (QED) is 0.667. The number of rotatable bonds is 3. The molecule has 1 fully saturated rings. The molecule has 0 heterocycles. The highest BCUT2D eigenvalue weighted by Gasteiger charge is 2.51. The van der Waals surface area contributed by atoms with Gasteiger partial charge in [0, 0.05) is 12.1 Å². The van der Waals surface area contributed by atoms with Gasteiger partial charge in [0.25, 0.3) is 0 Å². The van der Waals surface area contributed by atoms with Gasteiger partial charge < -0.3 is 10.6 Å². The zero-order valence-electron chi connectivity index (χ0n) is 19.0. The molecule has 0 spiro atoms. The molecule has 1 aromatic rings. The van der Waals surface area contributed by atoms with E-state index in [9.17, 15) is 4.79 Å². The summed E-state index contributed by atoms with van der Waals surface area (Å²) < 4.78 is 0. The molecule has 156 valence electrons. The van der Waals surface area contributed by atoms with E-state index in [1.54, 1.807) is 11.1 Å². The lowest BCUT2D eigenvalue weighted by molar-refractivity contribution is 0.0277. The number of nitrogens with one attached hydrogen (secondary N) is 2. The van der Waals surface area contributed by atoms with Crippen LogP contribution in [0.5, 0.6) is 0 Å². The van der Waals surface area contributed by atoms with Crippen LogP contribution in [0.3, 0.4) is 0 Å². The summed E-state index contributed by atoms with van der Waals surface area (Å²) in [4.78, 5) is 12.4. The fourth-order valence-electron chi connectivity index (χ4n) is 5.88. The predicted octanol–water partition coefficient (Wildman–Crippen LogP) is 5.92. The molecule has 0 radical (unpaired) electrons. The van der Waals surface area contributed by atoms with Gasteiger partial charge in [-0.05, 0) is 85.8 Å². The maximum Gasteiger partial charge on any atom is 0.315 e. The van der Waals surface area contributed by atoms with E-state index >= 15 is 0 Å². The van der Waals surface area contributed by atoms with E-state index in [0.29, 0.717) is 11.8 Å². The summed E-state index contributed by atoms with van der Waals surface area (Å²) >= 11 is 0. The zero-order valence-corrected chi connectivity index (χ0v) is 19.0. The Bertz CT molecular complexity index is 733. The molecule has 0 saturated heterocycles. The van der Waals surface area contributed by atoms with Gasteiger partial charge in [-0.1, -0.05) is 52.3 Å². The minimum absolute atomic E-state index is 0.0428. The molecule has 0 aliphatic heterocycles. The van der Waals surface area contributed by atoms with Gasteiger partial charge >= 0.3 is 6.03 Å². The van der Waals surface area contributed by atoms with E-state index in [-0.39, 0.29) is 22.4 Å². The van der Waals surface area contributed by atoms with E-state index in [2.05, 4.69) is 56.5 Å². The van der Waals surface area contributed by atoms with Gasteiger partial charge in [0.05, 0.1) is 0 Å². The molecule has 2 N–H and O–H groups in total. The molecule has 3 rings (SSSR count). The number of amides is 2. The summed E-state index contributed by atoms with van der Waals surface area (Å²) in [6, 6.07) is 7.18. The molecule has 1 aromatic carbocycles. The Kier molecular flexibility index (Phi) is 5.59. The molecule has 2 aliphatic carbocycles. The number of fused-ring (bicyclic) bond motifs is 3. The highest BCUT2D eigenvalue weighted by atomic mass is 16.2. The molecular weight excluding hydrogens is 344 g/mol. The second-order valence-electron chi connectivity index (χ2n) is 11.1. The summed E-state index contributed by atoms with van der Waals surface area (Å²) in [6.45, 7) is 16.3. The van der Waals surface area contributed by atoms with Crippen LogP contribution >= 0.6 is 0 Å². The zero-order chi connectivity index (χ0) is 20.7. The number of urea groups is 1. The molecule has 28 heavy (non-hydrogen) atoms. The third-order valence-corrected chi connectivity index (χ3v) is 7.31. The van der Waals surface area contributed by atoms with Crippen LogP contribution < -0.4 is 10.6 Å². The second-order valence-corrected chi connectivity index (χ2v) is 11.1. The van der Waals surface area contributed by atoms with E-state index < -0.39 is 0 Å². The van der Waals surface area contributed by atoms with Crippen LogP contribution in [0.1, 0.15) is 96.8 Å². The molecule has 0 aromatic heterocycles. The van der Waals surface area contributed by atoms with Crippen LogP contribution in [0, 0.1) is 11.3 Å². The van der Waals surface area contributed by atoms with Crippen molar-refractivity contribution < 1.29 is 4.79 Å². The van der Waals surface area contributed by atoms with Gasteiger partial charge in [-0.15, -0.1) is 0 Å².